The molecular formula is C30H45N5O4S. The standard InChI is InChI=1S/C30H45N5O4S/c1-4-22-16-18-35(19-17-22)30(37)26(14-9-13-25-21(3)31-20-32-25)34-40(38,39)27-15-8-12-24(23-10-6-7-11-23)29(27)33-28(36)5-2/h8,12,15,20,22-23,26,34H,4-7,9-11,13-14,16-19H2,1-3H3,(H,31,32)(H,33,36)/t26-/m0/s1. The van der Waals surface area contributed by atoms with Gasteiger partial charge >= 0.3 is 0 Å². The number of para-hydroxylation sites is 1. The molecule has 1 saturated carbocycles. The number of carbonyl (C=O) groups is 2. The number of aromatic nitrogens is 2. The van der Waals surface area contributed by atoms with Crippen LogP contribution in [-0.2, 0) is 26.0 Å². The smallest absolute Gasteiger partial charge is 0.243 e. The number of aryl methyl sites for hydroxylation is 2. The number of anilines is 1. The lowest BCUT2D eigenvalue weighted by Crippen LogP contribution is -2.50. The van der Waals surface area contributed by atoms with E-state index in [-0.39, 0.29) is 29.0 Å². The van der Waals surface area contributed by atoms with Gasteiger partial charge in [0.1, 0.15) is 10.9 Å². The minimum atomic E-state index is -4.12. The number of nitrogens with zero attached hydrogens (tertiary/aromatic N) is 2. The van der Waals surface area contributed by atoms with E-state index in [2.05, 4.69) is 26.9 Å². The van der Waals surface area contributed by atoms with Gasteiger partial charge in [-0.15, -0.1) is 0 Å². The van der Waals surface area contributed by atoms with Gasteiger partial charge in [-0.1, -0.05) is 45.2 Å². The van der Waals surface area contributed by atoms with Gasteiger partial charge in [-0.3, -0.25) is 9.59 Å². The number of hydrogen-bond acceptors (Lipinski definition) is 5. The van der Waals surface area contributed by atoms with Crippen molar-refractivity contribution < 1.29 is 18.0 Å². The summed E-state index contributed by atoms with van der Waals surface area (Å²) in [5, 5.41) is 2.89. The summed E-state index contributed by atoms with van der Waals surface area (Å²) >= 11 is 0. The fourth-order valence-corrected chi connectivity index (χ4v) is 7.50. The van der Waals surface area contributed by atoms with Crippen LogP contribution in [0, 0.1) is 12.8 Å². The van der Waals surface area contributed by atoms with Gasteiger partial charge in [0.05, 0.1) is 17.7 Å². The first-order valence-electron chi connectivity index (χ1n) is 15.0. The van der Waals surface area contributed by atoms with E-state index in [9.17, 15) is 18.0 Å². The quantitative estimate of drug-likeness (QED) is 0.329. The van der Waals surface area contributed by atoms with E-state index < -0.39 is 16.1 Å². The van der Waals surface area contributed by atoms with Crippen LogP contribution in [0.15, 0.2) is 29.4 Å². The van der Waals surface area contributed by atoms with Crippen molar-refractivity contribution in [2.75, 3.05) is 18.4 Å². The maximum absolute atomic E-state index is 14.0. The van der Waals surface area contributed by atoms with Gasteiger partial charge < -0.3 is 15.2 Å². The summed E-state index contributed by atoms with van der Waals surface area (Å²) in [5.74, 6) is 0.396. The Kier molecular flexibility index (Phi) is 10.4. The van der Waals surface area contributed by atoms with Crippen LogP contribution in [0.1, 0.15) is 101 Å². The van der Waals surface area contributed by atoms with Crippen LogP contribution in [0.2, 0.25) is 0 Å². The van der Waals surface area contributed by atoms with Crippen molar-refractivity contribution in [2.45, 2.75) is 108 Å². The molecule has 10 heteroatoms. The number of rotatable bonds is 12. The van der Waals surface area contributed by atoms with Crippen LogP contribution in [0.3, 0.4) is 0 Å². The molecule has 2 heterocycles. The van der Waals surface area contributed by atoms with Gasteiger partial charge in [-0.25, -0.2) is 13.4 Å². The Balaban J connectivity index is 1.60. The Morgan fingerprint density at radius 1 is 1.12 bits per heavy atom. The SMILES string of the molecule is CCC(=O)Nc1c(C2CCCC2)cccc1S(=O)(=O)N[C@@H](CCCc1nc[nH]c1C)C(=O)N1CCC(CC)CC1. The molecule has 1 aliphatic heterocycles. The third-order valence-electron chi connectivity index (χ3n) is 8.67. The molecule has 0 unspecified atom stereocenters. The highest BCUT2D eigenvalue weighted by atomic mass is 32.2. The van der Waals surface area contributed by atoms with Gasteiger partial charge in [0.25, 0.3) is 0 Å². The van der Waals surface area contributed by atoms with Crippen LogP contribution in [-0.4, -0.2) is 54.2 Å². The molecule has 1 saturated heterocycles. The van der Waals surface area contributed by atoms with Crippen molar-refractivity contribution >= 4 is 27.5 Å². The maximum atomic E-state index is 14.0. The summed E-state index contributed by atoms with van der Waals surface area (Å²) in [7, 11) is -4.12. The number of nitrogens with one attached hydrogen (secondary N) is 3. The fraction of sp³-hybridized carbons (Fsp3) is 0.633. The second kappa shape index (κ2) is 13.8. The second-order valence-corrected chi connectivity index (χ2v) is 13.0. The molecule has 4 rings (SSSR count). The number of sulfonamides is 1. The molecular weight excluding hydrogens is 526 g/mol. The number of likely N-dealkylation sites (tertiary alicyclic amines) is 1. The van der Waals surface area contributed by atoms with E-state index in [1.807, 2.05) is 17.9 Å². The molecule has 2 fully saturated rings. The number of piperidine rings is 1. The number of benzene rings is 1. The van der Waals surface area contributed by atoms with E-state index in [1.165, 1.54) is 6.07 Å². The first-order valence-corrected chi connectivity index (χ1v) is 16.4. The average Bonchev–Trinajstić information content (AvgIpc) is 3.64. The molecule has 0 spiro atoms. The molecule has 1 atom stereocenters. The highest BCUT2D eigenvalue weighted by Crippen LogP contribution is 2.40. The molecule has 2 aliphatic rings. The largest absolute Gasteiger partial charge is 0.348 e. The first kappa shape index (κ1) is 30.2. The molecule has 0 bridgehead atoms. The Labute approximate surface area is 239 Å². The topological polar surface area (TPSA) is 124 Å². The van der Waals surface area contributed by atoms with E-state index >= 15 is 0 Å². The Bertz CT molecular complexity index is 1260. The third kappa shape index (κ3) is 7.32. The number of H-pyrrole nitrogens is 1. The Morgan fingerprint density at radius 3 is 2.48 bits per heavy atom. The highest BCUT2D eigenvalue weighted by Gasteiger charge is 2.33. The van der Waals surface area contributed by atoms with Crippen molar-refractivity contribution in [3.05, 3.63) is 41.5 Å². The molecule has 3 N–H and O–H groups in total. The summed E-state index contributed by atoms with van der Waals surface area (Å²) < 4.78 is 30.7. The predicted octanol–water partition coefficient (Wildman–Crippen LogP) is 5.04. The summed E-state index contributed by atoms with van der Waals surface area (Å²) in [6.07, 6.45) is 10.6. The molecule has 220 valence electrons. The highest BCUT2D eigenvalue weighted by molar-refractivity contribution is 7.89. The van der Waals surface area contributed by atoms with Crippen molar-refractivity contribution in [1.82, 2.24) is 19.6 Å². The third-order valence-corrected chi connectivity index (χ3v) is 10.2. The Hall–Kier alpha value is -2.72. The van der Waals surface area contributed by atoms with Crippen molar-refractivity contribution in [3.63, 3.8) is 0 Å². The lowest BCUT2D eigenvalue weighted by molar-refractivity contribution is -0.134. The summed E-state index contributed by atoms with van der Waals surface area (Å²) in [5.41, 5.74) is 3.12. The molecule has 9 nitrogen and oxygen atoms in total. The molecule has 0 radical (unpaired) electrons. The minimum absolute atomic E-state index is 0.0318. The van der Waals surface area contributed by atoms with E-state index in [0.29, 0.717) is 44.0 Å². The zero-order chi connectivity index (χ0) is 28.7. The summed E-state index contributed by atoms with van der Waals surface area (Å²) in [6, 6.07) is 4.31. The van der Waals surface area contributed by atoms with E-state index in [4.69, 9.17) is 0 Å². The molecule has 2 amide bonds. The minimum Gasteiger partial charge on any atom is -0.348 e. The molecule has 1 aromatic carbocycles. The van der Waals surface area contributed by atoms with Gasteiger partial charge in [-0.2, -0.15) is 4.72 Å². The van der Waals surface area contributed by atoms with Crippen LogP contribution in [0.4, 0.5) is 5.69 Å². The zero-order valence-corrected chi connectivity index (χ0v) is 25.0. The Morgan fingerprint density at radius 2 is 1.85 bits per heavy atom. The number of carbonyl (C=O) groups excluding carboxylic acids is 2. The summed E-state index contributed by atoms with van der Waals surface area (Å²) in [4.78, 5) is 35.5. The fourth-order valence-electron chi connectivity index (χ4n) is 6.09. The van der Waals surface area contributed by atoms with Crippen molar-refractivity contribution in [3.8, 4) is 0 Å². The maximum Gasteiger partial charge on any atom is 0.243 e. The van der Waals surface area contributed by atoms with E-state index in [0.717, 1.165) is 61.9 Å². The molecule has 1 aliphatic carbocycles. The van der Waals surface area contributed by atoms with Crippen molar-refractivity contribution in [1.29, 1.82) is 0 Å². The van der Waals surface area contributed by atoms with Crippen LogP contribution in [0.25, 0.3) is 0 Å². The number of hydrogen-bond donors (Lipinski definition) is 3. The van der Waals surface area contributed by atoms with Gasteiger partial charge in [0.2, 0.25) is 21.8 Å². The van der Waals surface area contributed by atoms with Gasteiger partial charge in [-0.05, 0) is 75.3 Å². The number of imidazole rings is 1. The monoisotopic (exact) mass is 571 g/mol. The number of amides is 2. The predicted molar refractivity (Wildman–Crippen MR) is 157 cm³/mol. The second-order valence-electron chi connectivity index (χ2n) is 11.3. The molecule has 2 aromatic rings. The molecule has 40 heavy (non-hydrogen) atoms. The lowest BCUT2D eigenvalue weighted by Gasteiger charge is -2.34. The van der Waals surface area contributed by atoms with Gasteiger partial charge in [0, 0.05) is 25.2 Å². The zero-order valence-electron chi connectivity index (χ0n) is 24.2. The van der Waals surface area contributed by atoms with Crippen molar-refractivity contribution in [2.24, 2.45) is 5.92 Å². The normalized spacial score (nSPS) is 17.7. The van der Waals surface area contributed by atoms with Gasteiger partial charge in [0.15, 0.2) is 0 Å². The average molecular weight is 572 g/mol. The van der Waals surface area contributed by atoms with Crippen LogP contribution >= 0.6 is 0 Å². The number of aromatic amines is 1. The lowest BCUT2D eigenvalue weighted by atomic mass is 9.94. The molecule has 1 aromatic heterocycles. The summed E-state index contributed by atoms with van der Waals surface area (Å²) in [6.45, 7) is 7.16. The van der Waals surface area contributed by atoms with E-state index in [1.54, 1.807) is 19.3 Å². The van der Waals surface area contributed by atoms with Crippen LogP contribution in [0.5, 0.6) is 0 Å². The first-order chi connectivity index (χ1) is 19.2. The van der Waals surface area contributed by atoms with Crippen LogP contribution < -0.4 is 10.0 Å².